The van der Waals surface area contributed by atoms with E-state index in [0.29, 0.717) is 36.6 Å². The minimum Gasteiger partial charge on any atom is -0.497 e. The highest BCUT2D eigenvalue weighted by Crippen LogP contribution is 2.31. The quantitative estimate of drug-likeness (QED) is 0.611. The lowest BCUT2D eigenvalue weighted by molar-refractivity contribution is -0.120. The molecule has 1 heterocycles. The van der Waals surface area contributed by atoms with Crippen LogP contribution in [0.4, 0.5) is 5.69 Å². The van der Waals surface area contributed by atoms with Crippen LogP contribution >= 0.6 is 0 Å². The van der Waals surface area contributed by atoms with Crippen LogP contribution in [0.25, 0.3) is 10.8 Å². The zero-order valence-corrected chi connectivity index (χ0v) is 18.9. The number of nitrogens with one attached hydrogen (secondary N) is 1. The summed E-state index contributed by atoms with van der Waals surface area (Å²) in [6, 6.07) is 17.9. The molecule has 1 fully saturated rings. The van der Waals surface area contributed by atoms with E-state index in [1.54, 1.807) is 37.4 Å². The topological polar surface area (TPSA) is 84.9 Å². The van der Waals surface area contributed by atoms with Crippen molar-refractivity contribution >= 4 is 32.4 Å². The molecule has 1 aliphatic heterocycles. The molecule has 0 unspecified atom stereocenters. The second-order valence-corrected chi connectivity index (χ2v) is 9.70. The number of anilines is 1. The summed E-state index contributed by atoms with van der Waals surface area (Å²) >= 11 is 0. The summed E-state index contributed by atoms with van der Waals surface area (Å²) in [6.07, 6.45) is 1.22. The van der Waals surface area contributed by atoms with Crippen LogP contribution in [0.2, 0.25) is 0 Å². The molecule has 32 heavy (non-hydrogen) atoms. The Balaban J connectivity index is 1.53. The number of benzene rings is 3. The van der Waals surface area contributed by atoms with E-state index < -0.39 is 15.9 Å². The number of rotatable bonds is 6. The molecule has 8 heteroatoms. The average Bonchev–Trinajstić information content (AvgIpc) is 2.83. The van der Waals surface area contributed by atoms with E-state index in [1.807, 2.05) is 30.3 Å². The van der Waals surface area contributed by atoms with E-state index in [-0.39, 0.29) is 17.3 Å². The number of hydrogen-bond donors (Lipinski definition) is 1. The van der Waals surface area contributed by atoms with Gasteiger partial charge in [0.05, 0.1) is 30.7 Å². The van der Waals surface area contributed by atoms with Gasteiger partial charge in [0.15, 0.2) is 0 Å². The van der Waals surface area contributed by atoms with Crippen LogP contribution in [-0.4, -0.2) is 45.9 Å². The van der Waals surface area contributed by atoms with E-state index in [0.717, 1.165) is 10.8 Å². The van der Waals surface area contributed by atoms with Gasteiger partial charge in [-0.3, -0.25) is 4.79 Å². The van der Waals surface area contributed by atoms with Gasteiger partial charge in [0.2, 0.25) is 15.9 Å². The first-order valence-electron chi connectivity index (χ1n) is 10.4. The van der Waals surface area contributed by atoms with Gasteiger partial charge < -0.3 is 14.8 Å². The molecule has 4 rings (SSSR count). The lowest BCUT2D eigenvalue weighted by atomic mass is 9.98. The molecule has 0 spiro atoms. The molecular formula is C24H26N2O5S. The fraction of sp³-hybridized carbons (Fsp3) is 0.292. The van der Waals surface area contributed by atoms with E-state index in [1.165, 1.54) is 11.4 Å². The number of fused-ring (bicyclic) bond motifs is 1. The van der Waals surface area contributed by atoms with Crippen LogP contribution in [0.15, 0.2) is 65.6 Å². The van der Waals surface area contributed by atoms with Gasteiger partial charge in [-0.25, -0.2) is 8.42 Å². The van der Waals surface area contributed by atoms with Crippen LogP contribution in [-0.2, 0) is 14.8 Å². The molecule has 7 nitrogen and oxygen atoms in total. The number of hydrogen-bond acceptors (Lipinski definition) is 5. The summed E-state index contributed by atoms with van der Waals surface area (Å²) in [7, 11) is -0.638. The van der Waals surface area contributed by atoms with Crippen molar-refractivity contribution in [2.45, 2.75) is 17.7 Å². The molecule has 3 aromatic rings. The van der Waals surface area contributed by atoms with Crippen LogP contribution in [0.5, 0.6) is 11.5 Å². The molecular weight excluding hydrogens is 428 g/mol. The monoisotopic (exact) mass is 454 g/mol. The molecule has 1 atom stereocenters. The standard InChI is InChI=1S/C24H26N2O5S/c1-30-20-10-12-23(31-2)22(15-20)25-24(27)19-8-5-13-26(16-19)32(28,29)21-11-9-17-6-3-4-7-18(17)14-21/h3-4,6-7,9-12,14-15,19H,5,8,13,16H2,1-2H3,(H,25,27)/t19-/m0/s1. The summed E-state index contributed by atoms with van der Waals surface area (Å²) in [5, 5.41) is 4.72. The van der Waals surface area contributed by atoms with Gasteiger partial charge in [-0.2, -0.15) is 4.31 Å². The van der Waals surface area contributed by atoms with E-state index in [4.69, 9.17) is 9.47 Å². The molecule has 0 bridgehead atoms. The van der Waals surface area contributed by atoms with Crippen molar-refractivity contribution in [3.05, 3.63) is 60.7 Å². The highest BCUT2D eigenvalue weighted by molar-refractivity contribution is 7.89. The lowest BCUT2D eigenvalue weighted by Crippen LogP contribution is -2.43. The van der Waals surface area contributed by atoms with Crippen LogP contribution in [0, 0.1) is 5.92 Å². The van der Waals surface area contributed by atoms with Crippen molar-refractivity contribution in [2.24, 2.45) is 5.92 Å². The summed E-state index contributed by atoms with van der Waals surface area (Å²) in [6.45, 7) is 0.523. The fourth-order valence-corrected chi connectivity index (χ4v) is 5.56. The number of ether oxygens (including phenoxy) is 2. The number of methoxy groups -OCH3 is 2. The Bertz CT molecular complexity index is 1240. The average molecular weight is 455 g/mol. The van der Waals surface area contributed by atoms with Crippen molar-refractivity contribution in [1.82, 2.24) is 4.31 Å². The predicted octanol–water partition coefficient (Wildman–Crippen LogP) is 3.90. The summed E-state index contributed by atoms with van der Waals surface area (Å²) in [5.74, 6) is 0.394. The van der Waals surface area contributed by atoms with Gasteiger partial charge in [0.1, 0.15) is 11.5 Å². The minimum atomic E-state index is -3.71. The Morgan fingerprint density at radius 1 is 1.00 bits per heavy atom. The van der Waals surface area contributed by atoms with Gasteiger partial charge >= 0.3 is 0 Å². The third-order valence-electron chi connectivity index (χ3n) is 5.78. The van der Waals surface area contributed by atoms with Crippen LogP contribution < -0.4 is 14.8 Å². The lowest BCUT2D eigenvalue weighted by Gasteiger charge is -2.31. The molecule has 1 N–H and O–H groups in total. The normalized spacial score (nSPS) is 17.1. The highest BCUT2D eigenvalue weighted by atomic mass is 32.2. The molecule has 1 amide bonds. The second-order valence-electron chi connectivity index (χ2n) is 7.77. The number of piperidine rings is 1. The summed E-state index contributed by atoms with van der Waals surface area (Å²) < 4.78 is 38.6. The number of nitrogens with zero attached hydrogens (tertiary/aromatic N) is 1. The third kappa shape index (κ3) is 4.42. The van der Waals surface area contributed by atoms with E-state index in [9.17, 15) is 13.2 Å². The zero-order chi connectivity index (χ0) is 22.7. The highest BCUT2D eigenvalue weighted by Gasteiger charge is 2.33. The fourth-order valence-electron chi connectivity index (χ4n) is 4.00. The number of carbonyl (C=O) groups excluding carboxylic acids is 1. The maximum Gasteiger partial charge on any atom is 0.243 e. The van der Waals surface area contributed by atoms with Gasteiger partial charge in [0, 0.05) is 19.2 Å². The number of carbonyl (C=O) groups is 1. The van der Waals surface area contributed by atoms with E-state index in [2.05, 4.69) is 5.32 Å². The Labute approximate surface area is 188 Å². The molecule has 0 aromatic heterocycles. The maximum atomic E-state index is 13.3. The minimum absolute atomic E-state index is 0.132. The number of sulfonamides is 1. The van der Waals surface area contributed by atoms with Gasteiger partial charge in [-0.15, -0.1) is 0 Å². The van der Waals surface area contributed by atoms with Gasteiger partial charge in [-0.05, 0) is 47.9 Å². The first-order valence-corrected chi connectivity index (χ1v) is 11.9. The van der Waals surface area contributed by atoms with Crippen LogP contribution in [0.3, 0.4) is 0 Å². The molecule has 1 saturated heterocycles. The van der Waals surface area contributed by atoms with Crippen molar-refractivity contribution in [2.75, 3.05) is 32.6 Å². The van der Waals surface area contributed by atoms with Crippen molar-refractivity contribution in [3.63, 3.8) is 0 Å². The molecule has 3 aromatic carbocycles. The van der Waals surface area contributed by atoms with Gasteiger partial charge in [-0.1, -0.05) is 30.3 Å². The molecule has 0 aliphatic carbocycles. The Morgan fingerprint density at radius 3 is 2.53 bits per heavy atom. The van der Waals surface area contributed by atoms with Gasteiger partial charge in [0.25, 0.3) is 0 Å². The summed E-state index contributed by atoms with van der Waals surface area (Å²) in [4.78, 5) is 13.2. The molecule has 168 valence electrons. The zero-order valence-electron chi connectivity index (χ0n) is 18.1. The third-order valence-corrected chi connectivity index (χ3v) is 7.64. The largest absolute Gasteiger partial charge is 0.497 e. The first-order chi connectivity index (χ1) is 15.4. The molecule has 1 aliphatic rings. The smallest absolute Gasteiger partial charge is 0.243 e. The van der Waals surface area contributed by atoms with Crippen molar-refractivity contribution in [1.29, 1.82) is 0 Å². The maximum absolute atomic E-state index is 13.3. The van der Waals surface area contributed by atoms with Crippen molar-refractivity contribution in [3.8, 4) is 11.5 Å². The summed E-state index contributed by atoms with van der Waals surface area (Å²) in [5.41, 5.74) is 0.492. The first kappa shape index (κ1) is 22.1. The molecule has 0 radical (unpaired) electrons. The van der Waals surface area contributed by atoms with E-state index >= 15 is 0 Å². The van der Waals surface area contributed by atoms with Crippen molar-refractivity contribution < 1.29 is 22.7 Å². The van der Waals surface area contributed by atoms with Crippen LogP contribution in [0.1, 0.15) is 12.8 Å². The number of amides is 1. The molecule has 0 saturated carbocycles. The second kappa shape index (κ2) is 9.18. The Hall–Kier alpha value is -3.10. The Kier molecular flexibility index (Phi) is 6.34. The SMILES string of the molecule is COc1ccc(OC)c(NC(=O)[C@H]2CCCN(S(=O)(=O)c3ccc4ccccc4c3)C2)c1. The predicted molar refractivity (Wildman–Crippen MR) is 124 cm³/mol. The Morgan fingerprint density at radius 2 is 1.78 bits per heavy atom.